The summed E-state index contributed by atoms with van der Waals surface area (Å²) in [5, 5.41) is 15.4. The van der Waals surface area contributed by atoms with Crippen molar-refractivity contribution in [3.63, 3.8) is 0 Å². The standard InChI is InChI=1S/C19H20N4OS/c1-25-16-9-5-8-15(12-16)21-18-13-17(14-6-3-2-4-7-14)22-19(23-18)20-10-11-24/h2-9,12-13,24H,10-11H2,1H3,(H2,20,21,22,23). The minimum absolute atomic E-state index is 0.0253. The lowest BCUT2D eigenvalue weighted by atomic mass is 10.1. The first kappa shape index (κ1) is 17.3. The average molecular weight is 352 g/mol. The van der Waals surface area contributed by atoms with Gasteiger partial charge in [0.25, 0.3) is 0 Å². The SMILES string of the molecule is CSc1cccc(Nc2cc(-c3ccccc3)nc(NCCO)n2)c1. The monoisotopic (exact) mass is 352 g/mol. The lowest BCUT2D eigenvalue weighted by Crippen LogP contribution is -2.10. The van der Waals surface area contributed by atoms with E-state index in [1.165, 1.54) is 4.90 Å². The molecule has 0 radical (unpaired) electrons. The van der Waals surface area contributed by atoms with Crippen LogP contribution < -0.4 is 10.6 Å². The van der Waals surface area contributed by atoms with Gasteiger partial charge in [-0.05, 0) is 24.5 Å². The van der Waals surface area contributed by atoms with Crippen LogP contribution in [0.1, 0.15) is 0 Å². The maximum atomic E-state index is 9.04. The Kier molecular flexibility index (Phi) is 5.87. The highest BCUT2D eigenvalue weighted by molar-refractivity contribution is 7.98. The smallest absolute Gasteiger partial charge is 0.225 e. The van der Waals surface area contributed by atoms with Crippen molar-refractivity contribution < 1.29 is 5.11 Å². The Morgan fingerprint density at radius 2 is 1.84 bits per heavy atom. The molecule has 6 heteroatoms. The fourth-order valence-electron chi connectivity index (χ4n) is 2.36. The third-order valence-corrected chi connectivity index (χ3v) is 4.26. The first-order valence-electron chi connectivity index (χ1n) is 7.99. The van der Waals surface area contributed by atoms with Crippen LogP contribution in [0.5, 0.6) is 0 Å². The number of nitrogens with one attached hydrogen (secondary N) is 2. The zero-order chi connectivity index (χ0) is 17.5. The van der Waals surface area contributed by atoms with E-state index in [0.717, 1.165) is 16.9 Å². The highest BCUT2D eigenvalue weighted by Gasteiger charge is 2.07. The van der Waals surface area contributed by atoms with Crippen LogP contribution in [-0.4, -0.2) is 34.5 Å². The Morgan fingerprint density at radius 1 is 1.00 bits per heavy atom. The summed E-state index contributed by atoms with van der Waals surface area (Å²) in [6, 6.07) is 20.0. The lowest BCUT2D eigenvalue weighted by Gasteiger charge is -2.11. The first-order valence-corrected chi connectivity index (χ1v) is 9.21. The summed E-state index contributed by atoms with van der Waals surface area (Å²) in [6.07, 6.45) is 2.05. The molecule has 0 aliphatic carbocycles. The summed E-state index contributed by atoms with van der Waals surface area (Å²) < 4.78 is 0. The van der Waals surface area contributed by atoms with Gasteiger partial charge in [-0.3, -0.25) is 0 Å². The number of thioether (sulfide) groups is 1. The quantitative estimate of drug-likeness (QED) is 0.558. The molecule has 0 bridgehead atoms. The third kappa shape index (κ3) is 4.71. The van der Waals surface area contributed by atoms with Gasteiger partial charge < -0.3 is 15.7 Å². The number of hydrogen-bond donors (Lipinski definition) is 3. The van der Waals surface area contributed by atoms with Crippen LogP contribution in [0.3, 0.4) is 0 Å². The number of rotatable bonds is 7. The molecule has 1 heterocycles. The number of nitrogens with zero attached hydrogens (tertiary/aromatic N) is 2. The van der Waals surface area contributed by atoms with Gasteiger partial charge in [0.1, 0.15) is 5.82 Å². The molecule has 0 aliphatic rings. The summed E-state index contributed by atoms with van der Waals surface area (Å²) in [7, 11) is 0. The number of anilines is 3. The second-order valence-electron chi connectivity index (χ2n) is 5.34. The van der Waals surface area contributed by atoms with Crippen LogP contribution in [0.2, 0.25) is 0 Å². The molecule has 5 nitrogen and oxygen atoms in total. The molecule has 25 heavy (non-hydrogen) atoms. The molecule has 0 spiro atoms. The van der Waals surface area contributed by atoms with E-state index in [9.17, 15) is 0 Å². The van der Waals surface area contributed by atoms with Gasteiger partial charge in [-0.15, -0.1) is 11.8 Å². The lowest BCUT2D eigenvalue weighted by molar-refractivity contribution is 0.311. The molecule has 3 N–H and O–H groups in total. The van der Waals surface area contributed by atoms with Gasteiger partial charge in [0.15, 0.2) is 0 Å². The van der Waals surface area contributed by atoms with Crippen molar-refractivity contribution in [2.45, 2.75) is 4.90 Å². The average Bonchev–Trinajstić information content (AvgIpc) is 2.67. The van der Waals surface area contributed by atoms with Crippen molar-refractivity contribution in [2.24, 2.45) is 0 Å². The van der Waals surface area contributed by atoms with E-state index in [-0.39, 0.29) is 6.61 Å². The zero-order valence-electron chi connectivity index (χ0n) is 13.9. The largest absolute Gasteiger partial charge is 0.395 e. The Morgan fingerprint density at radius 3 is 2.60 bits per heavy atom. The van der Waals surface area contributed by atoms with Crippen LogP contribution in [0.4, 0.5) is 17.5 Å². The normalized spacial score (nSPS) is 10.5. The molecule has 0 saturated carbocycles. The molecule has 2 aromatic carbocycles. The van der Waals surface area contributed by atoms with Gasteiger partial charge in [-0.2, -0.15) is 4.98 Å². The summed E-state index contributed by atoms with van der Waals surface area (Å²) in [4.78, 5) is 10.2. The highest BCUT2D eigenvalue weighted by atomic mass is 32.2. The molecular weight excluding hydrogens is 332 g/mol. The van der Waals surface area contributed by atoms with E-state index >= 15 is 0 Å². The van der Waals surface area contributed by atoms with E-state index in [2.05, 4.69) is 32.7 Å². The summed E-state index contributed by atoms with van der Waals surface area (Å²) in [6.45, 7) is 0.428. The predicted octanol–water partition coefficient (Wildman–Crippen LogP) is 4.01. The fourth-order valence-corrected chi connectivity index (χ4v) is 2.82. The molecule has 3 rings (SSSR count). The second-order valence-corrected chi connectivity index (χ2v) is 6.22. The summed E-state index contributed by atoms with van der Waals surface area (Å²) in [5.74, 6) is 1.19. The second kappa shape index (κ2) is 8.50. The highest BCUT2D eigenvalue weighted by Crippen LogP contribution is 2.25. The van der Waals surface area contributed by atoms with Crippen LogP contribution in [-0.2, 0) is 0 Å². The molecule has 0 saturated heterocycles. The van der Waals surface area contributed by atoms with E-state index in [1.807, 2.05) is 54.8 Å². The predicted molar refractivity (Wildman–Crippen MR) is 105 cm³/mol. The van der Waals surface area contributed by atoms with Crippen molar-refractivity contribution >= 4 is 29.2 Å². The molecule has 3 aromatic rings. The van der Waals surface area contributed by atoms with E-state index < -0.39 is 0 Å². The number of aliphatic hydroxyl groups excluding tert-OH is 1. The molecule has 128 valence electrons. The van der Waals surface area contributed by atoms with Crippen molar-refractivity contribution in [3.05, 3.63) is 60.7 Å². The Labute approximate surface area is 151 Å². The van der Waals surface area contributed by atoms with Crippen LogP contribution in [0, 0.1) is 0 Å². The minimum atomic E-state index is 0.0253. The molecular formula is C19H20N4OS. The molecule has 0 amide bonds. The maximum Gasteiger partial charge on any atom is 0.225 e. The van der Waals surface area contributed by atoms with E-state index in [4.69, 9.17) is 5.11 Å². The van der Waals surface area contributed by atoms with E-state index in [0.29, 0.717) is 18.3 Å². The molecule has 0 fully saturated rings. The van der Waals surface area contributed by atoms with Crippen molar-refractivity contribution in [3.8, 4) is 11.3 Å². The summed E-state index contributed by atoms with van der Waals surface area (Å²) in [5.41, 5.74) is 2.80. The Balaban J connectivity index is 1.93. The molecule has 0 atom stereocenters. The minimum Gasteiger partial charge on any atom is -0.395 e. The van der Waals surface area contributed by atoms with Gasteiger partial charge in [-0.25, -0.2) is 4.98 Å². The van der Waals surface area contributed by atoms with Gasteiger partial charge in [0, 0.05) is 28.8 Å². The van der Waals surface area contributed by atoms with Crippen LogP contribution >= 0.6 is 11.8 Å². The van der Waals surface area contributed by atoms with Gasteiger partial charge in [0.2, 0.25) is 5.95 Å². The maximum absolute atomic E-state index is 9.04. The number of benzene rings is 2. The molecule has 0 aliphatic heterocycles. The fraction of sp³-hybridized carbons (Fsp3) is 0.158. The molecule has 1 aromatic heterocycles. The van der Waals surface area contributed by atoms with Crippen LogP contribution in [0.25, 0.3) is 11.3 Å². The topological polar surface area (TPSA) is 70.1 Å². The van der Waals surface area contributed by atoms with Crippen molar-refractivity contribution in [1.82, 2.24) is 9.97 Å². The van der Waals surface area contributed by atoms with E-state index in [1.54, 1.807) is 11.8 Å². The van der Waals surface area contributed by atoms with Gasteiger partial charge in [0.05, 0.1) is 12.3 Å². The van der Waals surface area contributed by atoms with Gasteiger partial charge in [-0.1, -0.05) is 36.4 Å². The number of hydrogen-bond acceptors (Lipinski definition) is 6. The van der Waals surface area contributed by atoms with Gasteiger partial charge >= 0.3 is 0 Å². The Hall–Kier alpha value is -2.57. The Bertz CT molecular complexity index is 827. The van der Waals surface area contributed by atoms with Crippen LogP contribution in [0.15, 0.2) is 65.6 Å². The number of aromatic nitrogens is 2. The first-order chi connectivity index (χ1) is 12.3. The zero-order valence-corrected chi connectivity index (χ0v) is 14.8. The number of aliphatic hydroxyl groups is 1. The third-order valence-electron chi connectivity index (χ3n) is 3.53. The van der Waals surface area contributed by atoms with Crippen molar-refractivity contribution in [2.75, 3.05) is 30.0 Å². The molecule has 0 unspecified atom stereocenters. The van der Waals surface area contributed by atoms with Crippen molar-refractivity contribution in [1.29, 1.82) is 0 Å². The summed E-state index contributed by atoms with van der Waals surface area (Å²) >= 11 is 1.69.